The van der Waals surface area contributed by atoms with E-state index in [9.17, 15) is 44.6 Å². The average molecular weight is 967 g/mol. The fourth-order valence-corrected chi connectivity index (χ4v) is 8.33. The first-order valence-corrected chi connectivity index (χ1v) is 27.2. The summed E-state index contributed by atoms with van der Waals surface area (Å²) in [4.78, 5) is 35.8. The van der Waals surface area contributed by atoms with Crippen molar-refractivity contribution in [3.8, 4) is 0 Å². The number of allylic oxidation sites excluding steroid dienone is 12. The molecular formula is C53H91O13P. The van der Waals surface area contributed by atoms with Crippen molar-refractivity contribution in [3.63, 3.8) is 0 Å². The number of phosphoric ester groups is 1. The highest BCUT2D eigenvalue weighted by molar-refractivity contribution is 7.47. The molecule has 67 heavy (non-hydrogen) atoms. The van der Waals surface area contributed by atoms with Crippen LogP contribution in [0.1, 0.15) is 194 Å². The summed E-state index contributed by atoms with van der Waals surface area (Å²) in [7, 11) is -5.14. The third-order valence-corrected chi connectivity index (χ3v) is 12.5. The van der Waals surface area contributed by atoms with Gasteiger partial charge in [0.25, 0.3) is 0 Å². The summed E-state index contributed by atoms with van der Waals surface area (Å²) in [6.45, 7) is 3.23. The minimum atomic E-state index is -5.14. The summed E-state index contributed by atoms with van der Waals surface area (Å²) in [6, 6.07) is 0. The van der Waals surface area contributed by atoms with Gasteiger partial charge in [0.2, 0.25) is 0 Å². The maximum atomic E-state index is 12.9. The minimum Gasteiger partial charge on any atom is -0.462 e. The topological polar surface area (TPSA) is 210 Å². The highest BCUT2D eigenvalue weighted by Crippen LogP contribution is 2.47. The van der Waals surface area contributed by atoms with Crippen LogP contribution in [-0.4, -0.2) is 98.3 Å². The van der Waals surface area contributed by atoms with Gasteiger partial charge in [-0.25, -0.2) is 4.57 Å². The van der Waals surface area contributed by atoms with E-state index in [1.807, 2.05) is 0 Å². The molecular weight excluding hydrogens is 876 g/mol. The van der Waals surface area contributed by atoms with Gasteiger partial charge in [0.1, 0.15) is 43.2 Å². The second-order valence-corrected chi connectivity index (χ2v) is 19.1. The Kier molecular flexibility index (Phi) is 39.2. The molecule has 6 unspecified atom stereocenters. The lowest BCUT2D eigenvalue weighted by atomic mass is 9.85. The number of phosphoric acid groups is 1. The number of ether oxygens (including phenoxy) is 2. The zero-order valence-corrected chi connectivity index (χ0v) is 42.1. The Bertz CT molecular complexity index is 1440. The Balaban J connectivity index is 2.44. The molecule has 0 aromatic carbocycles. The van der Waals surface area contributed by atoms with Gasteiger partial charge in [-0.1, -0.05) is 164 Å². The monoisotopic (exact) mass is 967 g/mol. The van der Waals surface area contributed by atoms with Crippen LogP contribution in [0.4, 0.5) is 0 Å². The lowest BCUT2D eigenvalue weighted by molar-refractivity contribution is -0.220. The average Bonchev–Trinajstić information content (AvgIpc) is 3.31. The number of carbonyl (C=O) groups is 2. The van der Waals surface area contributed by atoms with Gasteiger partial charge in [0.15, 0.2) is 6.10 Å². The van der Waals surface area contributed by atoms with Gasteiger partial charge in [0.05, 0.1) is 6.61 Å². The van der Waals surface area contributed by atoms with Crippen molar-refractivity contribution >= 4 is 19.8 Å². The predicted molar refractivity (Wildman–Crippen MR) is 267 cm³/mol. The Morgan fingerprint density at radius 2 is 0.806 bits per heavy atom. The summed E-state index contributed by atoms with van der Waals surface area (Å²) >= 11 is 0. The highest BCUT2D eigenvalue weighted by atomic mass is 31.2. The molecule has 0 spiro atoms. The first-order chi connectivity index (χ1) is 32.4. The molecule has 14 heteroatoms. The summed E-state index contributed by atoms with van der Waals surface area (Å²) in [6.07, 6.45) is 40.8. The molecule has 1 fully saturated rings. The molecule has 386 valence electrons. The van der Waals surface area contributed by atoms with Crippen LogP contribution in [0.25, 0.3) is 0 Å². The lowest BCUT2D eigenvalue weighted by Crippen LogP contribution is -2.64. The molecule has 0 aromatic heterocycles. The van der Waals surface area contributed by atoms with Crippen LogP contribution in [0.15, 0.2) is 72.9 Å². The van der Waals surface area contributed by atoms with Gasteiger partial charge in [-0.05, 0) is 89.9 Å². The van der Waals surface area contributed by atoms with E-state index >= 15 is 0 Å². The molecule has 13 nitrogen and oxygen atoms in total. The fourth-order valence-electron chi connectivity index (χ4n) is 7.36. The number of esters is 2. The zero-order valence-electron chi connectivity index (χ0n) is 41.2. The largest absolute Gasteiger partial charge is 0.472 e. The maximum absolute atomic E-state index is 12.9. The second-order valence-electron chi connectivity index (χ2n) is 17.7. The number of carbonyl (C=O) groups excluding carboxylic acids is 2. The lowest BCUT2D eigenvalue weighted by Gasteiger charge is -2.41. The number of hydrogen-bond donors (Lipinski definition) is 6. The summed E-state index contributed by atoms with van der Waals surface area (Å²) in [5.41, 5.74) is 0. The van der Waals surface area contributed by atoms with E-state index in [0.29, 0.717) is 12.8 Å². The molecule has 1 rings (SSSR count). The molecule has 0 aromatic rings. The molecule has 1 aliphatic rings. The fraction of sp³-hybridized carbons (Fsp3) is 0.736. The van der Waals surface area contributed by atoms with Crippen molar-refractivity contribution in [1.82, 2.24) is 0 Å². The van der Waals surface area contributed by atoms with Crippen molar-refractivity contribution in [2.24, 2.45) is 0 Å². The Labute approximate surface area is 404 Å². The van der Waals surface area contributed by atoms with Crippen LogP contribution in [0.3, 0.4) is 0 Å². The first kappa shape index (κ1) is 62.3. The second kappa shape index (κ2) is 42.2. The Morgan fingerprint density at radius 1 is 0.463 bits per heavy atom. The third-order valence-electron chi connectivity index (χ3n) is 11.5. The summed E-state index contributed by atoms with van der Waals surface area (Å²) in [5, 5.41) is 50.3. The standard InChI is InChI=1S/C53H91O13P/c1-3-5-7-9-11-13-15-17-19-21-23-25-27-29-31-33-35-37-39-41-46(54)63-43-45(44-64-67(61,62)66-53-51(59)49(57)48(56)50(58)52(53)60)65-47(55)42-40-38-36-34-32-30-28-26-24-22-20-18-16-14-12-10-8-6-4-2/h11-14,17-20,23,25,29,31,45,48-53,56-60H,3-10,15-16,21-22,24,26-28,30,32-44H2,1-2H3,(H,61,62)/b13-11-,14-12-,19-17-,20-18-,25-23-,31-29-/t45-,48?,49-,50?,51?,52?,53?/m1/s1. The van der Waals surface area contributed by atoms with Crippen LogP contribution in [0.5, 0.6) is 0 Å². The number of aliphatic hydroxyl groups excluding tert-OH is 5. The van der Waals surface area contributed by atoms with Crippen LogP contribution in [0, 0.1) is 0 Å². The number of rotatable bonds is 42. The number of unbranched alkanes of at least 4 members (excludes halogenated alkanes) is 18. The van der Waals surface area contributed by atoms with E-state index in [2.05, 4.69) is 86.8 Å². The van der Waals surface area contributed by atoms with Crippen LogP contribution >= 0.6 is 7.82 Å². The van der Waals surface area contributed by atoms with E-state index < -0.39 is 75.7 Å². The number of aliphatic hydroxyl groups is 5. The van der Waals surface area contributed by atoms with E-state index in [-0.39, 0.29) is 12.8 Å². The molecule has 8 atom stereocenters. The minimum absolute atomic E-state index is 0.0813. The molecule has 0 aliphatic heterocycles. The SMILES string of the molecule is CCCCC/C=C\C/C=C\C/C=C\C/C=C\CCCCCC(=O)OC[C@H](COP(=O)(O)OC1C(O)C(O)C(O)[C@@H](O)C1O)OC(=O)CCCCCCCCCCC/C=C\C/C=C\CCCCC. The van der Waals surface area contributed by atoms with Gasteiger partial charge in [-0.3, -0.25) is 18.6 Å². The van der Waals surface area contributed by atoms with E-state index in [0.717, 1.165) is 83.5 Å². The quantitative estimate of drug-likeness (QED) is 0.0146. The molecule has 6 N–H and O–H groups in total. The molecule has 0 heterocycles. The van der Waals surface area contributed by atoms with E-state index in [4.69, 9.17) is 18.5 Å². The Hall–Kier alpha value is -2.71. The predicted octanol–water partition coefficient (Wildman–Crippen LogP) is 11.1. The molecule has 0 radical (unpaired) electrons. The Morgan fingerprint density at radius 3 is 1.24 bits per heavy atom. The molecule has 0 bridgehead atoms. The first-order valence-electron chi connectivity index (χ1n) is 25.7. The molecule has 1 aliphatic carbocycles. The molecule has 0 amide bonds. The zero-order chi connectivity index (χ0) is 49.2. The van der Waals surface area contributed by atoms with Crippen LogP contribution < -0.4 is 0 Å². The highest BCUT2D eigenvalue weighted by Gasteiger charge is 2.51. The van der Waals surface area contributed by atoms with Gasteiger partial charge < -0.3 is 39.9 Å². The summed E-state index contributed by atoms with van der Waals surface area (Å²) < 4.78 is 33.6. The van der Waals surface area contributed by atoms with Gasteiger partial charge in [-0.15, -0.1) is 0 Å². The smallest absolute Gasteiger partial charge is 0.462 e. The van der Waals surface area contributed by atoms with E-state index in [1.165, 1.54) is 70.6 Å². The van der Waals surface area contributed by atoms with E-state index in [1.54, 1.807) is 0 Å². The van der Waals surface area contributed by atoms with Crippen molar-refractivity contribution in [1.29, 1.82) is 0 Å². The summed E-state index contributed by atoms with van der Waals surface area (Å²) in [5.74, 6) is -1.14. The van der Waals surface area contributed by atoms with Crippen molar-refractivity contribution in [3.05, 3.63) is 72.9 Å². The van der Waals surface area contributed by atoms with Gasteiger partial charge >= 0.3 is 19.8 Å². The van der Waals surface area contributed by atoms with Crippen molar-refractivity contribution in [2.45, 2.75) is 236 Å². The van der Waals surface area contributed by atoms with Crippen LogP contribution in [-0.2, 0) is 32.7 Å². The maximum Gasteiger partial charge on any atom is 0.472 e. The van der Waals surface area contributed by atoms with Crippen molar-refractivity contribution < 1.29 is 63.1 Å². The molecule has 1 saturated carbocycles. The van der Waals surface area contributed by atoms with Crippen molar-refractivity contribution in [2.75, 3.05) is 13.2 Å². The normalized spacial score (nSPS) is 21.7. The van der Waals surface area contributed by atoms with Gasteiger partial charge in [0, 0.05) is 12.8 Å². The number of hydrogen-bond acceptors (Lipinski definition) is 12. The third kappa shape index (κ3) is 34.3. The van der Waals surface area contributed by atoms with Gasteiger partial charge in [-0.2, -0.15) is 0 Å². The molecule has 0 saturated heterocycles. The van der Waals surface area contributed by atoms with Crippen LogP contribution in [0.2, 0.25) is 0 Å².